The Labute approximate surface area is 161 Å². The molecule has 3 N–H and O–H groups in total. The summed E-state index contributed by atoms with van der Waals surface area (Å²) in [4.78, 5) is 17.0. The second-order valence-electron chi connectivity index (χ2n) is 6.37. The zero-order valence-electron chi connectivity index (χ0n) is 14.8. The number of nitrogens with two attached hydrogens (primary N) is 1. The first-order valence-electron chi connectivity index (χ1n) is 8.59. The lowest BCUT2D eigenvalue weighted by atomic mass is 9.94. The van der Waals surface area contributed by atoms with Gasteiger partial charge in [0, 0.05) is 28.1 Å². The minimum absolute atomic E-state index is 0.0671. The van der Waals surface area contributed by atoms with E-state index in [1.807, 2.05) is 42.7 Å². The third kappa shape index (κ3) is 3.28. The molecule has 0 unspecified atom stereocenters. The number of benzene rings is 2. The number of carbonyl (C=O) groups excluding carboxylic acids is 1. The molecule has 0 radical (unpaired) electrons. The molecule has 3 aromatic rings. The van der Waals surface area contributed by atoms with E-state index >= 15 is 0 Å². The first kappa shape index (κ1) is 17.5. The minimum atomic E-state index is -0.592. The van der Waals surface area contributed by atoms with Crippen LogP contribution >= 0.6 is 11.8 Å². The number of fused-ring (bicyclic) bond motifs is 1. The maximum atomic E-state index is 14.5. The highest BCUT2D eigenvalue weighted by atomic mass is 32.2. The molecule has 4 rings (SSSR count). The number of nitrogen functional groups attached to an aromatic ring is 1. The van der Waals surface area contributed by atoms with Crippen LogP contribution in [0.4, 0.5) is 10.2 Å². The van der Waals surface area contributed by atoms with E-state index in [1.165, 1.54) is 0 Å². The molecule has 4 nitrogen and oxygen atoms in total. The number of hydrogen-bond acceptors (Lipinski definition) is 4. The third-order valence-electron chi connectivity index (χ3n) is 4.75. The number of nitrogens with one attached hydrogen (secondary N) is 1. The highest BCUT2D eigenvalue weighted by molar-refractivity contribution is 7.98. The summed E-state index contributed by atoms with van der Waals surface area (Å²) >= 11 is 1.63. The molecule has 0 spiro atoms. The number of amides is 1. The maximum absolute atomic E-state index is 14.5. The first-order chi connectivity index (χ1) is 13.1. The standard InChI is InChI=1S/C21H18FN3OS/c1-27-15-5-2-12(3-6-15)17-11-18(20(23)25-19(17)22)13-4-7-16-14(10-13)8-9-24-21(16)26/h2-7,10-11H,8-9H2,1H3,(H2,23,25)(H,24,26). The normalized spacial score (nSPS) is 13.2. The van der Waals surface area contributed by atoms with Gasteiger partial charge in [-0.1, -0.05) is 24.3 Å². The van der Waals surface area contributed by atoms with Gasteiger partial charge >= 0.3 is 0 Å². The van der Waals surface area contributed by atoms with E-state index in [2.05, 4.69) is 10.3 Å². The van der Waals surface area contributed by atoms with Gasteiger partial charge in [0.1, 0.15) is 5.82 Å². The quantitative estimate of drug-likeness (QED) is 0.530. The summed E-state index contributed by atoms with van der Waals surface area (Å²) < 4.78 is 14.5. The second-order valence-corrected chi connectivity index (χ2v) is 7.25. The van der Waals surface area contributed by atoms with Crippen molar-refractivity contribution in [3.05, 3.63) is 65.6 Å². The Hall–Kier alpha value is -2.86. The van der Waals surface area contributed by atoms with Crippen LogP contribution in [-0.4, -0.2) is 23.7 Å². The molecule has 0 atom stereocenters. The Morgan fingerprint density at radius 1 is 1.04 bits per heavy atom. The van der Waals surface area contributed by atoms with Gasteiger partial charge in [0.15, 0.2) is 0 Å². The molecule has 0 bridgehead atoms. The monoisotopic (exact) mass is 379 g/mol. The summed E-state index contributed by atoms with van der Waals surface area (Å²) in [6.07, 6.45) is 2.75. The molecule has 1 aromatic heterocycles. The highest BCUT2D eigenvalue weighted by Crippen LogP contribution is 2.33. The smallest absolute Gasteiger partial charge is 0.251 e. The van der Waals surface area contributed by atoms with Crippen molar-refractivity contribution in [2.24, 2.45) is 0 Å². The molecule has 0 saturated heterocycles. The van der Waals surface area contributed by atoms with Crippen LogP contribution in [0.3, 0.4) is 0 Å². The van der Waals surface area contributed by atoms with Gasteiger partial charge in [-0.05, 0) is 53.6 Å². The highest BCUT2D eigenvalue weighted by Gasteiger charge is 2.19. The zero-order valence-corrected chi connectivity index (χ0v) is 15.6. The van der Waals surface area contributed by atoms with Crippen LogP contribution in [0, 0.1) is 5.95 Å². The number of pyridine rings is 1. The van der Waals surface area contributed by atoms with E-state index in [-0.39, 0.29) is 11.7 Å². The average molecular weight is 379 g/mol. The van der Waals surface area contributed by atoms with Crippen LogP contribution in [0.5, 0.6) is 0 Å². The number of halogens is 1. The Kier molecular flexibility index (Phi) is 4.58. The second kappa shape index (κ2) is 7.04. The number of hydrogen-bond donors (Lipinski definition) is 2. The van der Waals surface area contributed by atoms with E-state index in [9.17, 15) is 9.18 Å². The fraction of sp³-hybridized carbons (Fsp3) is 0.143. The zero-order chi connectivity index (χ0) is 19.0. The fourth-order valence-corrected chi connectivity index (χ4v) is 3.71. The van der Waals surface area contributed by atoms with Crippen molar-refractivity contribution < 1.29 is 9.18 Å². The number of thioether (sulfide) groups is 1. The van der Waals surface area contributed by atoms with Gasteiger partial charge in [0.25, 0.3) is 5.91 Å². The van der Waals surface area contributed by atoms with Gasteiger partial charge in [-0.2, -0.15) is 4.39 Å². The molecule has 27 heavy (non-hydrogen) atoms. The van der Waals surface area contributed by atoms with Crippen molar-refractivity contribution in [2.75, 3.05) is 18.5 Å². The third-order valence-corrected chi connectivity index (χ3v) is 5.49. The van der Waals surface area contributed by atoms with Crippen molar-refractivity contribution in [1.82, 2.24) is 10.3 Å². The van der Waals surface area contributed by atoms with Crippen molar-refractivity contribution in [2.45, 2.75) is 11.3 Å². The van der Waals surface area contributed by atoms with Crippen LogP contribution in [0.2, 0.25) is 0 Å². The molecular formula is C21H18FN3OS. The summed E-state index contributed by atoms with van der Waals surface area (Å²) in [5.41, 5.74) is 10.3. The van der Waals surface area contributed by atoms with E-state index in [4.69, 9.17) is 5.73 Å². The predicted octanol–water partition coefficient (Wildman–Crippen LogP) is 4.14. The van der Waals surface area contributed by atoms with E-state index in [1.54, 1.807) is 23.9 Å². The van der Waals surface area contributed by atoms with Crippen molar-refractivity contribution in [3.63, 3.8) is 0 Å². The van der Waals surface area contributed by atoms with Crippen molar-refractivity contribution in [3.8, 4) is 22.3 Å². The molecule has 6 heteroatoms. The Morgan fingerprint density at radius 2 is 1.78 bits per heavy atom. The molecule has 1 aliphatic rings. The van der Waals surface area contributed by atoms with Crippen LogP contribution in [0.15, 0.2) is 53.4 Å². The topological polar surface area (TPSA) is 68.0 Å². The lowest BCUT2D eigenvalue weighted by Gasteiger charge is -2.18. The molecule has 1 amide bonds. The summed E-state index contributed by atoms with van der Waals surface area (Å²) in [7, 11) is 0. The van der Waals surface area contributed by atoms with Crippen LogP contribution in [0.25, 0.3) is 22.3 Å². The van der Waals surface area contributed by atoms with Gasteiger partial charge in [-0.25, -0.2) is 4.98 Å². The average Bonchev–Trinajstić information content (AvgIpc) is 2.68. The molecule has 1 aliphatic heterocycles. The lowest BCUT2D eigenvalue weighted by Crippen LogP contribution is -2.31. The first-order valence-corrected chi connectivity index (χ1v) is 9.81. The summed E-state index contributed by atoms with van der Waals surface area (Å²) in [6, 6.07) is 15.0. The van der Waals surface area contributed by atoms with Crippen LogP contribution in [0.1, 0.15) is 15.9 Å². The van der Waals surface area contributed by atoms with Crippen molar-refractivity contribution >= 4 is 23.5 Å². The Morgan fingerprint density at radius 3 is 2.52 bits per heavy atom. The minimum Gasteiger partial charge on any atom is -0.383 e. The summed E-state index contributed by atoms with van der Waals surface area (Å²) in [5, 5.41) is 2.83. The number of rotatable bonds is 3. The molecule has 2 heterocycles. The predicted molar refractivity (Wildman–Crippen MR) is 107 cm³/mol. The van der Waals surface area contributed by atoms with Crippen molar-refractivity contribution in [1.29, 1.82) is 0 Å². The van der Waals surface area contributed by atoms with Crippen LogP contribution < -0.4 is 11.1 Å². The maximum Gasteiger partial charge on any atom is 0.251 e. The van der Waals surface area contributed by atoms with Crippen LogP contribution in [-0.2, 0) is 6.42 Å². The van der Waals surface area contributed by atoms with E-state index < -0.39 is 5.95 Å². The number of anilines is 1. The molecular weight excluding hydrogens is 361 g/mol. The summed E-state index contributed by atoms with van der Waals surface area (Å²) in [6.45, 7) is 0.611. The molecule has 2 aromatic carbocycles. The molecule has 0 saturated carbocycles. The van der Waals surface area contributed by atoms with Gasteiger partial charge in [0.05, 0.1) is 0 Å². The van der Waals surface area contributed by atoms with E-state index in [0.717, 1.165) is 28.0 Å². The SMILES string of the molecule is CSc1ccc(-c2cc(-c3ccc4c(c3)CCNC4=O)c(N)nc2F)cc1. The summed E-state index contributed by atoms with van der Waals surface area (Å²) in [5.74, 6) is -0.523. The number of aromatic nitrogens is 1. The Balaban J connectivity index is 1.80. The molecule has 0 fully saturated rings. The van der Waals surface area contributed by atoms with Gasteiger partial charge in [-0.15, -0.1) is 11.8 Å². The van der Waals surface area contributed by atoms with E-state index in [0.29, 0.717) is 23.2 Å². The lowest BCUT2D eigenvalue weighted by molar-refractivity contribution is 0.0946. The number of carbonyl (C=O) groups is 1. The Bertz CT molecular complexity index is 1030. The van der Waals surface area contributed by atoms with Gasteiger partial charge in [0.2, 0.25) is 5.95 Å². The van der Waals surface area contributed by atoms with Gasteiger partial charge in [-0.3, -0.25) is 4.79 Å². The van der Waals surface area contributed by atoms with Gasteiger partial charge < -0.3 is 11.1 Å². The fourth-order valence-electron chi connectivity index (χ4n) is 3.30. The largest absolute Gasteiger partial charge is 0.383 e. The molecule has 136 valence electrons. The number of nitrogens with zero attached hydrogens (tertiary/aromatic N) is 1. The molecule has 0 aliphatic carbocycles.